The van der Waals surface area contributed by atoms with Crippen LogP contribution in [0.15, 0.2) is 61.2 Å². The van der Waals surface area contributed by atoms with E-state index in [-0.39, 0.29) is 0 Å². The molecule has 96 valence electrons. The van der Waals surface area contributed by atoms with E-state index < -0.39 is 0 Å². The highest BCUT2D eigenvalue weighted by molar-refractivity contribution is 14.1. The first-order valence-electron chi connectivity index (χ1n) is 6.29. The van der Waals surface area contributed by atoms with E-state index in [1.807, 2.05) is 24.7 Å². The summed E-state index contributed by atoms with van der Waals surface area (Å²) in [5.74, 6) is 0. The summed E-state index contributed by atoms with van der Waals surface area (Å²) in [5.41, 5.74) is 4.66. The van der Waals surface area contributed by atoms with Crippen molar-refractivity contribution in [2.45, 2.75) is 0 Å². The van der Waals surface area contributed by atoms with Gasteiger partial charge in [0.1, 0.15) is 0 Å². The van der Waals surface area contributed by atoms with E-state index in [9.17, 15) is 0 Å². The molecule has 4 aromatic rings. The molecule has 0 saturated heterocycles. The van der Waals surface area contributed by atoms with Crippen molar-refractivity contribution >= 4 is 44.7 Å². The monoisotopic (exact) mass is 371 g/mol. The van der Waals surface area contributed by atoms with Crippen LogP contribution in [0.1, 0.15) is 0 Å². The van der Waals surface area contributed by atoms with Crippen LogP contribution in [0.5, 0.6) is 0 Å². The highest BCUT2D eigenvalue weighted by atomic mass is 127. The van der Waals surface area contributed by atoms with Gasteiger partial charge in [0.05, 0.1) is 40.1 Å². The fraction of sp³-hybridized carbons (Fsp3) is 0. The summed E-state index contributed by atoms with van der Waals surface area (Å²) in [6.07, 6.45) is 7.44. The van der Waals surface area contributed by atoms with Gasteiger partial charge in [-0.1, -0.05) is 18.2 Å². The Balaban J connectivity index is 2.05. The molecule has 0 aliphatic rings. The number of pyridine rings is 2. The van der Waals surface area contributed by atoms with Gasteiger partial charge in [0.2, 0.25) is 0 Å². The lowest BCUT2D eigenvalue weighted by atomic mass is 10.1. The van der Waals surface area contributed by atoms with Crippen molar-refractivity contribution in [2.24, 2.45) is 0 Å². The first kappa shape index (κ1) is 11.8. The highest BCUT2D eigenvalue weighted by Gasteiger charge is 2.10. The molecule has 20 heavy (non-hydrogen) atoms. The molecule has 0 bridgehead atoms. The van der Waals surface area contributed by atoms with Crippen LogP contribution >= 0.6 is 22.9 Å². The molecule has 0 atom stereocenters. The average Bonchev–Trinajstić information content (AvgIpc) is 2.81. The maximum atomic E-state index is 4.21. The van der Waals surface area contributed by atoms with Gasteiger partial charge in [-0.15, -0.1) is 0 Å². The van der Waals surface area contributed by atoms with Gasteiger partial charge in [0.25, 0.3) is 0 Å². The standard InChI is InChI=1S/C16H10IN3/c17-20-15-8-11(12-2-1-6-18-9-12)3-4-13(15)14-5-7-19-10-16(14)20/h1-10H. The van der Waals surface area contributed by atoms with Crippen molar-refractivity contribution in [3.8, 4) is 11.1 Å². The van der Waals surface area contributed by atoms with Gasteiger partial charge in [-0.25, -0.2) is 0 Å². The van der Waals surface area contributed by atoms with Gasteiger partial charge in [-0.05, 0) is 23.8 Å². The van der Waals surface area contributed by atoms with Gasteiger partial charge in [0.15, 0.2) is 0 Å². The summed E-state index contributed by atoms with van der Waals surface area (Å²) in [7, 11) is 0. The summed E-state index contributed by atoms with van der Waals surface area (Å²) in [4.78, 5) is 8.40. The number of fused-ring (bicyclic) bond motifs is 3. The van der Waals surface area contributed by atoms with Crippen molar-refractivity contribution in [2.75, 3.05) is 0 Å². The van der Waals surface area contributed by atoms with Crippen molar-refractivity contribution in [3.05, 3.63) is 61.2 Å². The largest absolute Gasteiger partial charge is 0.280 e. The van der Waals surface area contributed by atoms with Crippen LogP contribution in [-0.4, -0.2) is 12.7 Å². The minimum absolute atomic E-state index is 1.13. The molecule has 0 unspecified atom stereocenters. The predicted octanol–water partition coefficient (Wildman–Crippen LogP) is 4.45. The zero-order chi connectivity index (χ0) is 13.5. The van der Waals surface area contributed by atoms with Crippen LogP contribution in [-0.2, 0) is 0 Å². The smallest absolute Gasteiger partial charge is 0.0773 e. The normalized spacial score (nSPS) is 11.2. The van der Waals surface area contributed by atoms with E-state index >= 15 is 0 Å². The Morgan fingerprint density at radius 3 is 2.50 bits per heavy atom. The molecule has 0 saturated carbocycles. The molecule has 1 aromatic carbocycles. The molecule has 0 aliphatic heterocycles. The Morgan fingerprint density at radius 2 is 1.65 bits per heavy atom. The van der Waals surface area contributed by atoms with Gasteiger partial charge < -0.3 is 0 Å². The van der Waals surface area contributed by atoms with Crippen molar-refractivity contribution in [1.82, 2.24) is 12.7 Å². The third-order valence-corrected chi connectivity index (χ3v) is 4.55. The second-order valence-corrected chi connectivity index (χ2v) is 5.61. The molecule has 3 aromatic heterocycles. The maximum Gasteiger partial charge on any atom is 0.0773 e. The molecule has 0 amide bonds. The third kappa shape index (κ3) is 1.71. The Bertz CT molecular complexity index is 913. The number of nitrogens with zero attached hydrogens (tertiary/aromatic N) is 3. The maximum absolute atomic E-state index is 4.21. The third-order valence-electron chi connectivity index (χ3n) is 3.51. The minimum atomic E-state index is 1.13. The van der Waals surface area contributed by atoms with Crippen LogP contribution in [0.25, 0.3) is 32.9 Å². The van der Waals surface area contributed by atoms with Crippen molar-refractivity contribution in [1.29, 1.82) is 0 Å². The molecule has 0 radical (unpaired) electrons. The average molecular weight is 371 g/mol. The Labute approximate surface area is 129 Å². The molecule has 0 fully saturated rings. The van der Waals surface area contributed by atoms with E-state index in [2.05, 4.69) is 65.9 Å². The minimum Gasteiger partial charge on any atom is -0.280 e. The summed E-state index contributed by atoms with van der Waals surface area (Å²) < 4.78 is 2.16. The fourth-order valence-electron chi connectivity index (χ4n) is 2.54. The molecule has 4 rings (SSSR count). The van der Waals surface area contributed by atoms with Crippen LogP contribution in [0.2, 0.25) is 0 Å². The predicted molar refractivity (Wildman–Crippen MR) is 89.9 cm³/mol. The SMILES string of the molecule is In1c2cnccc2c2ccc(-c3cccnc3)cc21. The van der Waals surface area contributed by atoms with E-state index in [0.717, 1.165) is 11.1 Å². The number of halogens is 1. The van der Waals surface area contributed by atoms with Gasteiger partial charge in [-0.2, -0.15) is 0 Å². The summed E-state index contributed by atoms with van der Waals surface area (Å²) >= 11 is 2.33. The number of benzene rings is 1. The molecular formula is C16H10IN3. The van der Waals surface area contributed by atoms with Gasteiger partial charge in [-0.3, -0.25) is 12.7 Å². The highest BCUT2D eigenvalue weighted by Crippen LogP contribution is 2.33. The van der Waals surface area contributed by atoms with Gasteiger partial charge >= 0.3 is 0 Å². The quantitative estimate of drug-likeness (QED) is 0.463. The van der Waals surface area contributed by atoms with E-state index in [0.29, 0.717) is 0 Å². The molecule has 0 N–H and O–H groups in total. The van der Waals surface area contributed by atoms with E-state index in [1.165, 1.54) is 21.9 Å². The Kier molecular flexibility index (Phi) is 2.70. The summed E-state index contributed by atoms with van der Waals surface area (Å²) in [5, 5.41) is 2.49. The topological polar surface area (TPSA) is 30.7 Å². The Hall–Kier alpha value is -1.95. The molecular weight excluding hydrogens is 361 g/mol. The zero-order valence-electron chi connectivity index (χ0n) is 10.5. The summed E-state index contributed by atoms with van der Waals surface area (Å²) in [6.45, 7) is 0. The molecule has 0 aliphatic carbocycles. The van der Waals surface area contributed by atoms with E-state index in [1.54, 1.807) is 6.20 Å². The number of hydrogen-bond donors (Lipinski definition) is 0. The first-order valence-corrected chi connectivity index (χ1v) is 7.26. The van der Waals surface area contributed by atoms with Crippen LogP contribution in [0.3, 0.4) is 0 Å². The first-order chi connectivity index (χ1) is 9.84. The molecule has 3 nitrogen and oxygen atoms in total. The number of hydrogen-bond acceptors (Lipinski definition) is 2. The lowest BCUT2D eigenvalue weighted by Gasteiger charge is -2.02. The zero-order valence-corrected chi connectivity index (χ0v) is 12.7. The van der Waals surface area contributed by atoms with Crippen LogP contribution < -0.4 is 0 Å². The molecule has 0 spiro atoms. The number of rotatable bonds is 1. The lowest BCUT2D eigenvalue weighted by molar-refractivity contribution is 1.33. The molecule has 4 heteroatoms. The van der Waals surface area contributed by atoms with Crippen LogP contribution in [0.4, 0.5) is 0 Å². The van der Waals surface area contributed by atoms with Gasteiger partial charge in [0, 0.05) is 34.9 Å². The molecule has 3 heterocycles. The fourth-order valence-corrected chi connectivity index (χ4v) is 3.32. The number of aromatic nitrogens is 3. The second-order valence-electron chi connectivity index (χ2n) is 4.65. The van der Waals surface area contributed by atoms with E-state index in [4.69, 9.17) is 0 Å². The van der Waals surface area contributed by atoms with Crippen molar-refractivity contribution < 1.29 is 0 Å². The Morgan fingerprint density at radius 1 is 0.800 bits per heavy atom. The summed E-state index contributed by atoms with van der Waals surface area (Å²) in [6, 6.07) is 12.6. The van der Waals surface area contributed by atoms with Crippen LogP contribution in [0, 0.1) is 0 Å². The lowest BCUT2D eigenvalue weighted by Crippen LogP contribution is -1.81. The van der Waals surface area contributed by atoms with Crippen molar-refractivity contribution in [3.63, 3.8) is 0 Å². The second kappa shape index (κ2) is 4.56.